The summed E-state index contributed by atoms with van der Waals surface area (Å²) in [6.07, 6.45) is 6.76. The van der Waals surface area contributed by atoms with Gasteiger partial charge in [-0.25, -0.2) is 0 Å². The molecular weight excluding hydrogens is 252 g/mol. The minimum atomic E-state index is -0.444. The van der Waals surface area contributed by atoms with Crippen LogP contribution in [0.5, 0.6) is 0 Å². The third-order valence-electron chi connectivity index (χ3n) is 3.90. The molecule has 2 amide bonds. The molecule has 20 heavy (non-hydrogen) atoms. The number of primary amides is 1. The van der Waals surface area contributed by atoms with Gasteiger partial charge in [-0.3, -0.25) is 9.59 Å². The Morgan fingerprint density at radius 1 is 1.20 bits per heavy atom. The zero-order chi connectivity index (χ0) is 14.4. The van der Waals surface area contributed by atoms with Crippen LogP contribution in [0.4, 0.5) is 0 Å². The van der Waals surface area contributed by atoms with E-state index in [9.17, 15) is 9.59 Å². The van der Waals surface area contributed by atoms with E-state index in [0.717, 1.165) is 5.56 Å². The molecule has 1 aromatic carbocycles. The predicted molar refractivity (Wildman–Crippen MR) is 78.0 cm³/mol. The Labute approximate surface area is 119 Å². The summed E-state index contributed by atoms with van der Waals surface area (Å²) in [7, 11) is 0. The summed E-state index contributed by atoms with van der Waals surface area (Å²) in [4.78, 5) is 23.0. The summed E-state index contributed by atoms with van der Waals surface area (Å²) in [6, 6.07) is 7.06. The molecule has 4 heteroatoms. The lowest BCUT2D eigenvalue weighted by atomic mass is 9.87. The van der Waals surface area contributed by atoms with Crippen molar-refractivity contribution < 1.29 is 9.59 Å². The molecule has 1 aromatic rings. The third kappa shape index (κ3) is 4.37. The lowest BCUT2D eigenvalue weighted by Crippen LogP contribution is -2.26. The molecule has 0 bridgehead atoms. The average Bonchev–Trinajstić information content (AvgIpc) is 2.46. The van der Waals surface area contributed by atoms with E-state index in [-0.39, 0.29) is 5.91 Å². The van der Waals surface area contributed by atoms with Crippen molar-refractivity contribution in [2.75, 3.05) is 0 Å². The van der Waals surface area contributed by atoms with Crippen molar-refractivity contribution in [2.45, 2.75) is 45.1 Å². The zero-order valence-corrected chi connectivity index (χ0v) is 11.7. The molecule has 1 aliphatic carbocycles. The van der Waals surface area contributed by atoms with Crippen LogP contribution in [0.1, 0.15) is 54.4 Å². The molecular formula is C16H22N2O2. The van der Waals surface area contributed by atoms with Crippen molar-refractivity contribution in [2.24, 2.45) is 11.7 Å². The van der Waals surface area contributed by atoms with Gasteiger partial charge in [0.05, 0.1) is 0 Å². The number of carbonyl (C=O) groups is 2. The van der Waals surface area contributed by atoms with Gasteiger partial charge >= 0.3 is 0 Å². The maximum Gasteiger partial charge on any atom is 0.248 e. The topological polar surface area (TPSA) is 72.2 Å². The standard InChI is InChI=1S/C16H22N2O2/c17-16(20)14-8-4-7-13(9-14)11-18-15(19)10-12-5-2-1-3-6-12/h4,7-9,12H,1-3,5-6,10-11H2,(H2,17,20)(H,18,19). The van der Waals surface area contributed by atoms with Gasteiger partial charge in [-0.05, 0) is 36.5 Å². The van der Waals surface area contributed by atoms with Gasteiger partial charge in [0.25, 0.3) is 0 Å². The summed E-state index contributed by atoms with van der Waals surface area (Å²) in [6.45, 7) is 0.451. The SMILES string of the molecule is NC(=O)c1cccc(CNC(=O)CC2CCCCC2)c1. The van der Waals surface area contributed by atoms with Crippen molar-refractivity contribution in [3.8, 4) is 0 Å². The molecule has 0 atom stereocenters. The van der Waals surface area contributed by atoms with Crippen molar-refractivity contribution in [3.05, 3.63) is 35.4 Å². The molecule has 1 saturated carbocycles. The molecule has 2 rings (SSSR count). The van der Waals surface area contributed by atoms with E-state index in [0.29, 0.717) is 24.4 Å². The number of amides is 2. The van der Waals surface area contributed by atoms with Crippen LogP contribution in [-0.2, 0) is 11.3 Å². The molecule has 0 spiro atoms. The first-order valence-electron chi connectivity index (χ1n) is 7.30. The van der Waals surface area contributed by atoms with Crippen LogP contribution in [0.3, 0.4) is 0 Å². The second-order valence-electron chi connectivity index (χ2n) is 5.55. The highest BCUT2D eigenvalue weighted by Crippen LogP contribution is 2.26. The molecule has 1 fully saturated rings. The fourth-order valence-electron chi connectivity index (χ4n) is 2.76. The maximum absolute atomic E-state index is 11.9. The quantitative estimate of drug-likeness (QED) is 0.865. The first kappa shape index (κ1) is 14.6. The van der Waals surface area contributed by atoms with E-state index in [1.807, 2.05) is 6.07 Å². The van der Waals surface area contributed by atoms with Crippen LogP contribution in [0, 0.1) is 5.92 Å². The first-order valence-corrected chi connectivity index (χ1v) is 7.30. The summed E-state index contributed by atoms with van der Waals surface area (Å²) in [5.74, 6) is 0.197. The average molecular weight is 274 g/mol. The Morgan fingerprint density at radius 3 is 2.65 bits per heavy atom. The molecule has 0 heterocycles. The largest absolute Gasteiger partial charge is 0.366 e. The van der Waals surface area contributed by atoms with E-state index >= 15 is 0 Å². The van der Waals surface area contributed by atoms with Gasteiger partial charge in [-0.1, -0.05) is 31.4 Å². The second-order valence-corrected chi connectivity index (χ2v) is 5.55. The smallest absolute Gasteiger partial charge is 0.248 e. The molecule has 0 aliphatic heterocycles. The van der Waals surface area contributed by atoms with Crippen LogP contribution in [0.15, 0.2) is 24.3 Å². The van der Waals surface area contributed by atoms with Gasteiger partial charge in [0.2, 0.25) is 11.8 Å². The van der Waals surface area contributed by atoms with Crippen molar-refractivity contribution in [3.63, 3.8) is 0 Å². The number of rotatable bonds is 5. The Kier molecular flexibility index (Phi) is 5.16. The Hall–Kier alpha value is -1.84. The summed E-state index contributed by atoms with van der Waals surface area (Å²) in [5.41, 5.74) is 6.61. The van der Waals surface area contributed by atoms with Gasteiger partial charge in [-0.15, -0.1) is 0 Å². The third-order valence-corrected chi connectivity index (χ3v) is 3.90. The van der Waals surface area contributed by atoms with Crippen LogP contribution in [0.25, 0.3) is 0 Å². The van der Waals surface area contributed by atoms with E-state index in [4.69, 9.17) is 5.73 Å². The number of hydrogen-bond acceptors (Lipinski definition) is 2. The Morgan fingerprint density at radius 2 is 1.95 bits per heavy atom. The maximum atomic E-state index is 11.9. The molecule has 1 aliphatic rings. The first-order chi connectivity index (χ1) is 9.65. The van der Waals surface area contributed by atoms with Crippen molar-refractivity contribution >= 4 is 11.8 Å². The molecule has 108 valence electrons. The fourth-order valence-corrected chi connectivity index (χ4v) is 2.76. The Bertz CT molecular complexity index is 479. The molecule has 0 aromatic heterocycles. The number of hydrogen-bond donors (Lipinski definition) is 2. The van der Waals surface area contributed by atoms with E-state index in [2.05, 4.69) is 5.32 Å². The van der Waals surface area contributed by atoms with Crippen LogP contribution >= 0.6 is 0 Å². The highest BCUT2D eigenvalue weighted by atomic mass is 16.1. The lowest BCUT2D eigenvalue weighted by Gasteiger charge is -2.20. The summed E-state index contributed by atoms with van der Waals surface area (Å²) in [5, 5.41) is 2.92. The summed E-state index contributed by atoms with van der Waals surface area (Å²) >= 11 is 0. The molecule has 0 radical (unpaired) electrons. The fraction of sp³-hybridized carbons (Fsp3) is 0.500. The highest BCUT2D eigenvalue weighted by Gasteiger charge is 2.16. The van der Waals surface area contributed by atoms with E-state index in [1.165, 1.54) is 32.1 Å². The normalized spacial score (nSPS) is 15.8. The van der Waals surface area contributed by atoms with Crippen molar-refractivity contribution in [1.82, 2.24) is 5.32 Å². The molecule has 4 nitrogen and oxygen atoms in total. The minimum absolute atomic E-state index is 0.0985. The van der Waals surface area contributed by atoms with Gasteiger partial charge in [0.15, 0.2) is 0 Å². The highest BCUT2D eigenvalue weighted by molar-refractivity contribution is 5.92. The van der Waals surface area contributed by atoms with Gasteiger partial charge < -0.3 is 11.1 Å². The monoisotopic (exact) mass is 274 g/mol. The molecule has 0 saturated heterocycles. The van der Waals surface area contributed by atoms with E-state index < -0.39 is 5.91 Å². The number of benzene rings is 1. The second kappa shape index (κ2) is 7.08. The number of nitrogens with two attached hydrogens (primary N) is 1. The predicted octanol–water partition coefficient (Wildman–Crippen LogP) is 2.37. The van der Waals surface area contributed by atoms with Crippen LogP contribution in [0.2, 0.25) is 0 Å². The number of nitrogens with one attached hydrogen (secondary N) is 1. The van der Waals surface area contributed by atoms with Gasteiger partial charge in [0.1, 0.15) is 0 Å². The van der Waals surface area contributed by atoms with Crippen molar-refractivity contribution in [1.29, 1.82) is 0 Å². The van der Waals surface area contributed by atoms with Gasteiger partial charge in [0, 0.05) is 18.5 Å². The lowest BCUT2D eigenvalue weighted by molar-refractivity contribution is -0.122. The summed E-state index contributed by atoms with van der Waals surface area (Å²) < 4.78 is 0. The zero-order valence-electron chi connectivity index (χ0n) is 11.7. The van der Waals surface area contributed by atoms with E-state index in [1.54, 1.807) is 18.2 Å². The number of carbonyl (C=O) groups excluding carboxylic acids is 2. The van der Waals surface area contributed by atoms with Crippen LogP contribution < -0.4 is 11.1 Å². The van der Waals surface area contributed by atoms with Crippen LogP contribution in [-0.4, -0.2) is 11.8 Å². The Balaban J connectivity index is 1.80. The molecule has 3 N–H and O–H groups in total. The minimum Gasteiger partial charge on any atom is -0.366 e. The molecule has 0 unspecified atom stereocenters. The van der Waals surface area contributed by atoms with Gasteiger partial charge in [-0.2, -0.15) is 0 Å².